The van der Waals surface area contributed by atoms with Crippen molar-refractivity contribution in [3.8, 4) is 16.8 Å². The average molecular weight is 655 g/mol. The molecule has 2 atom stereocenters. The minimum absolute atomic E-state index is 0.314. The molecule has 0 N–H and O–H groups in total. The number of rotatable bonds is 4. The third-order valence-electron chi connectivity index (χ3n) is 11.1. The highest BCUT2D eigenvalue weighted by molar-refractivity contribution is 6.12. The summed E-state index contributed by atoms with van der Waals surface area (Å²) in [6.07, 6.45) is 19.8. The number of para-hydroxylation sites is 2. The molecule has 0 bridgehead atoms. The lowest BCUT2D eigenvalue weighted by Crippen LogP contribution is -2.06. The predicted molar refractivity (Wildman–Crippen MR) is 214 cm³/mol. The Morgan fingerprint density at radius 2 is 1.10 bits per heavy atom. The maximum absolute atomic E-state index is 6.44. The lowest BCUT2D eigenvalue weighted by atomic mass is 9.91. The van der Waals surface area contributed by atoms with Crippen LogP contribution in [0.2, 0.25) is 0 Å². The fourth-order valence-corrected chi connectivity index (χ4v) is 8.71. The number of allylic oxidation sites excluding steroid dienone is 8. The van der Waals surface area contributed by atoms with E-state index in [1.807, 2.05) is 0 Å². The summed E-state index contributed by atoms with van der Waals surface area (Å²) in [5.74, 6) is 0.412. The highest BCUT2D eigenvalue weighted by Gasteiger charge is 2.19. The molecule has 11 rings (SSSR count). The topological polar surface area (TPSA) is 23.0 Å². The van der Waals surface area contributed by atoms with E-state index in [1.54, 1.807) is 0 Å². The van der Waals surface area contributed by atoms with Gasteiger partial charge in [0.2, 0.25) is 0 Å². The zero-order chi connectivity index (χ0) is 33.5. The van der Waals surface area contributed by atoms with Gasteiger partial charge >= 0.3 is 0 Å². The van der Waals surface area contributed by atoms with Gasteiger partial charge in [-0.25, -0.2) is 0 Å². The summed E-state index contributed by atoms with van der Waals surface area (Å²) in [6, 6.07) is 45.2. The highest BCUT2D eigenvalue weighted by Crippen LogP contribution is 2.40. The zero-order valence-electron chi connectivity index (χ0n) is 28.0. The van der Waals surface area contributed by atoms with E-state index in [1.165, 1.54) is 60.3 Å². The molecule has 0 spiro atoms. The molecule has 0 fully saturated rings. The van der Waals surface area contributed by atoms with Crippen LogP contribution in [0.15, 0.2) is 174 Å². The Morgan fingerprint density at radius 3 is 1.90 bits per heavy atom. The van der Waals surface area contributed by atoms with Crippen molar-refractivity contribution in [2.45, 2.75) is 24.8 Å². The normalized spacial score (nSPS) is 17.3. The lowest BCUT2D eigenvalue weighted by molar-refractivity contribution is 0.648. The van der Waals surface area contributed by atoms with Crippen LogP contribution in [0.1, 0.15) is 30.4 Å². The molecule has 51 heavy (non-hydrogen) atoms. The molecule has 0 saturated heterocycles. The maximum atomic E-state index is 6.44. The molecule has 6 aromatic carbocycles. The van der Waals surface area contributed by atoms with Crippen molar-refractivity contribution in [2.75, 3.05) is 0 Å². The van der Waals surface area contributed by atoms with Gasteiger partial charge in [-0.15, -0.1) is 0 Å². The number of aromatic nitrogens is 2. The van der Waals surface area contributed by atoms with Crippen LogP contribution in [0.25, 0.3) is 82.4 Å². The molecule has 2 aliphatic carbocycles. The van der Waals surface area contributed by atoms with Crippen molar-refractivity contribution in [1.29, 1.82) is 0 Å². The molecule has 3 heteroatoms. The van der Waals surface area contributed by atoms with Gasteiger partial charge in [-0.1, -0.05) is 103 Å². The molecule has 0 radical (unpaired) electrons. The summed E-state index contributed by atoms with van der Waals surface area (Å²) in [7, 11) is 0. The van der Waals surface area contributed by atoms with E-state index >= 15 is 0 Å². The molecule has 9 aromatic rings. The van der Waals surface area contributed by atoms with Crippen molar-refractivity contribution >= 4 is 65.6 Å². The molecule has 0 saturated carbocycles. The standard InChI is InChI=1S/C48H34N2O/c1-3-11-31(12-4-1)32-19-23-46-39(27-32)38-16-8-10-18-44(38)50(46)36-22-26-48-42(30-36)41-29-34(21-25-47(41)51-48)33-20-24-45-40(28-33)37-15-7-9-17-43(37)49(45)35-13-5-2-6-14-35/h1-11,13,15-31,35H,12,14H2. The number of furan rings is 1. The van der Waals surface area contributed by atoms with Gasteiger partial charge in [0, 0.05) is 55.0 Å². The van der Waals surface area contributed by atoms with E-state index in [0.29, 0.717) is 12.0 Å². The quantitative estimate of drug-likeness (QED) is 0.185. The molecule has 3 heterocycles. The first-order chi connectivity index (χ1) is 25.3. The first-order valence-electron chi connectivity index (χ1n) is 18.0. The summed E-state index contributed by atoms with van der Waals surface area (Å²) >= 11 is 0. The summed E-state index contributed by atoms with van der Waals surface area (Å²) < 4.78 is 11.3. The van der Waals surface area contributed by atoms with Crippen LogP contribution in [0.4, 0.5) is 0 Å². The molecular formula is C48H34N2O. The van der Waals surface area contributed by atoms with Crippen molar-refractivity contribution in [2.24, 2.45) is 0 Å². The number of hydrogen-bond acceptors (Lipinski definition) is 1. The van der Waals surface area contributed by atoms with Crippen molar-refractivity contribution in [3.63, 3.8) is 0 Å². The second-order valence-electron chi connectivity index (χ2n) is 14.0. The molecule has 3 nitrogen and oxygen atoms in total. The zero-order valence-corrected chi connectivity index (χ0v) is 28.0. The summed E-state index contributed by atoms with van der Waals surface area (Å²) in [6.45, 7) is 0. The van der Waals surface area contributed by atoms with Gasteiger partial charge in [-0.05, 0) is 96.3 Å². The Labute approximate surface area is 295 Å². The van der Waals surface area contributed by atoms with Crippen LogP contribution < -0.4 is 0 Å². The molecule has 2 unspecified atom stereocenters. The van der Waals surface area contributed by atoms with E-state index in [0.717, 1.165) is 40.5 Å². The largest absolute Gasteiger partial charge is 0.456 e. The number of nitrogens with zero attached hydrogens (tertiary/aromatic N) is 2. The second-order valence-corrected chi connectivity index (χ2v) is 14.0. The monoisotopic (exact) mass is 654 g/mol. The van der Waals surface area contributed by atoms with E-state index in [9.17, 15) is 0 Å². The molecule has 242 valence electrons. The van der Waals surface area contributed by atoms with Gasteiger partial charge < -0.3 is 13.6 Å². The van der Waals surface area contributed by atoms with Gasteiger partial charge in [0.25, 0.3) is 0 Å². The molecule has 2 aliphatic rings. The minimum atomic E-state index is 0.314. The van der Waals surface area contributed by atoms with Gasteiger partial charge in [0.05, 0.1) is 17.1 Å². The number of fused-ring (bicyclic) bond motifs is 9. The Balaban J connectivity index is 1.05. The maximum Gasteiger partial charge on any atom is 0.135 e. The smallest absolute Gasteiger partial charge is 0.135 e. The fourth-order valence-electron chi connectivity index (χ4n) is 8.71. The van der Waals surface area contributed by atoms with Crippen LogP contribution in [0.3, 0.4) is 0 Å². The van der Waals surface area contributed by atoms with Crippen molar-refractivity contribution < 1.29 is 4.42 Å². The van der Waals surface area contributed by atoms with Gasteiger partial charge in [0.1, 0.15) is 11.2 Å². The van der Waals surface area contributed by atoms with Crippen LogP contribution in [-0.2, 0) is 0 Å². The van der Waals surface area contributed by atoms with Crippen LogP contribution in [0.5, 0.6) is 0 Å². The average Bonchev–Trinajstić information content (AvgIpc) is 3.85. The van der Waals surface area contributed by atoms with Crippen molar-refractivity contribution in [3.05, 3.63) is 175 Å². The van der Waals surface area contributed by atoms with Crippen LogP contribution >= 0.6 is 0 Å². The number of benzene rings is 6. The minimum Gasteiger partial charge on any atom is -0.456 e. The van der Waals surface area contributed by atoms with E-state index in [4.69, 9.17) is 4.42 Å². The third-order valence-corrected chi connectivity index (χ3v) is 11.1. The molecule has 0 aliphatic heterocycles. The predicted octanol–water partition coefficient (Wildman–Crippen LogP) is 13.1. The lowest BCUT2D eigenvalue weighted by Gasteiger charge is -2.18. The van der Waals surface area contributed by atoms with Gasteiger partial charge in [0.15, 0.2) is 0 Å². The van der Waals surface area contributed by atoms with E-state index in [-0.39, 0.29) is 0 Å². The fraction of sp³-hybridized carbons (Fsp3) is 0.0833. The van der Waals surface area contributed by atoms with Crippen LogP contribution in [0, 0.1) is 0 Å². The van der Waals surface area contributed by atoms with Crippen LogP contribution in [-0.4, -0.2) is 9.13 Å². The molecule has 3 aromatic heterocycles. The van der Waals surface area contributed by atoms with Gasteiger partial charge in [-0.3, -0.25) is 0 Å². The summed E-state index contributed by atoms with van der Waals surface area (Å²) in [5.41, 5.74) is 11.7. The highest BCUT2D eigenvalue weighted by atomic mass is 16.3. The Hall–Kier alpha value is -6.32. The van der Waals surface area contributed by atoms with E-state index < -0.39 is 0 Å². The van der Waals surface area contributed by atoms with Crippen molar-refractivity contribution in [1.82, 2.24) is 9.13 Å². The third kappa shape index (κ3) is 4.38. The Kier molecular flexibility index (Phi) is 6.20. The van der Waals surface area contributed by atoms with E-state index in [2.05, 4.69) is 179 Å². The Morgan fingerprint density at radius 1 is 0.471 bits per heavy atom. The number of hydrogen-bond donors (Lipinski definition) is 0. The summed E-state index contributed by atoms with van der Waals surface area (Å²) in [4.78, 5) is 0. The summed E-state index contributed by atoms with van der Waals surface area (Å²) in [5, 5.41) is 7.40. The molecule has 0 amide bonds. The first-order valence-corrected chi connectivity index (χ1v) is 18.0. The Bertz CT molecular complexity index is 2990. The van der Waals surface area contributed by atoms with Gasteiger partial charge in [-0.2, -0.15) is 0 Å². The second kappa shape index (κ2) is 11.1. The first kappa shape index (κ1) is 28.5. The molecular weight excluding hydrogens is 621 g/mol. The SMILES string of the molecule is C1=CCC(c2ccc3c(c2)c2ccccc2n3-c2ccc3oc4ccc(-c5ccc6c(c5)c5ccccc5n6C5C=CC=CC5)cc4c3c2)C=C1.